The highest BCUT2D eigenvalue weighted by Gasteiger charge is 2.33. The monoisotopic (exact) mass is 437 g/mol. The number of amides is 2. The molecule has 0 bridgehead atoms. The minimum absolute atomic E-state index is 0.00395. The molecule has 0 unspecified atom stereocenters. The van der Waals surface area contributed by atoms with Gasteiger partial charge < -0.3 is 9.30 Å². The number of esters is 1. The molecule has 8 heteroatoms. The van der Waals surface area contributed by atoms with Crippen LogP contribution in [0.4, 0.5) is 0 Å². The second kappa shape index (κ2) is 8.69. The number of carbonyl (C=O) groups is 3. The van der Waals surface area contributed by atoms with E-state index in [9.17, 15) is 14.4 Å². The lowest BCUT2D eigenvalue weighted by molar-refractivity contribution is -0.128. The Hall–Kier alpha value is -3.52. The third kappa shape index (κ3) is 4.06. The van der Waals surface area contributed by atoms with E-state index in [2.05, 4.69) is 11.9 Å². The number of rotatable bonds is 5. The fraction of sp³-hybridized carbons (Fsp3) is 0.217. The van der Waals surface area contributed by atoms with E-state index in [-0.39, 0.29) is 17.2 Å². The van der Waals surface area contributed by atoms with Crippen LogP contribution in [0.5, 0.6) is 0 Å². The molecule has 1 aromatic carbocycles. The van der Waals surface area contributed by atoms with Crippen molar-refractivity contribution in [2.75, 3.05) is 13.7 Å². The summed E-state index contributed by atoms with van der Waals surface area (Å²) in [6.45, 7) is 9.58. The molecule has 0 aliphatic carbocycles. The van der Waals surface area contributed by atoms with Crippen molar-refractivity contribution < 1.29 is 19.1 Å². The minimum atomic E-state index is -0.538. The summed E-state index contributed by atoms with van der Waals surface area (Å²) < 4.78 is 6.81. The predicted molar refractivity (Wildman–Crippen MR) is 122 cm³/mol. The molecule has 2 aromatic rings. The van der Waals surface area contributed by atoms with Gasteiger partial charge in [-0.2, -0.15) is 0 Å². The van der Waals surface area contributed by atoms with Crippen molar-refractivity contribution in [2.24, 2.45) is 0 Å². The Balaban J connectivity index is 2.09. The molecule has 0 spiro atoms. The summed E-state index contributed by atoms with van der Waals surface area (Å²) in [6, 6.07) is 7.22. The number of aromatic nitrogens is 1. The number of nitrogens with one attached hydrogen (secondary N) is 1. The number of hydrogen-bond donors (Lipinski definition) is 1. The van der Waals surface area contributed by atoms with Crippen LogP contribution in [0, 0.1) is 20.8 Å². The number of ether oxygens (including phenoxy) is 1. The molecular weight excluding hydrogens is 414 g/mol. The van der Waals surface area contributed by atoms with Gasteiger partial charge in [0.1, 0.15) is 5.57 Å². The molecule has 2 heterocycles. The van der Waals surface area contributed by atoms with E-state index in [0.29, 0.717) is 11.1 Å². The smallest absolute Gasteiger partial charge is 0.337 e. The van der Waals surface area contributed by atoms with Crippen LogP contribution in [0.3, 0.4) is 0 Å². The largest absolute Gasteiger partial charge is 0.465 e. The quantitative estimate of drug-likeness (QED) is 0.256. The van der Waals surface area contributed by atoms with Crippen molar-refractivity contribution in [1.82, 2.24) is 14.8 Å². The maximum atomic E-state index is 12.8. The molecule has 0 radical (unpaired) electrons. The van der Waals surface area contributed by atoms with Gasteiger partial charge in [-0.15, -0.1) is 6.58 Å². The Labute approximate surface area is 186 Å². The second-order valence-electron chi connectivity index (χ2n) is 7.18. The van der Waals surface area contributed by atoms with Crippen LogP contribution in [0.2, 0.25) is 0 Å². The highest BCUT2D eigenvalue weighted by atomic mass is 32.1. The summed E-state index contributed by atoms with van der Waals surface area (Å²) in [5.41, 5.74) is 4.63. The van der Waals surface area contributed by atoms with Crippen LogP contribution < -0.4 is 5.32 Å². The average molecular weight is 438 g/mol. The normalized spacial score (nSPS) is 15.3. The first-order valence-corrected chi connectivity index (χ1v) is 9.98. The van der Waals surface area contributed by atoms with E-state index < -0.39 is 17.8 Å². The lowest BCUT2D eigenvalue weighted by atomic mass is 10.1. The van der Waals surface area contributed by atoms with Crippen molar-refractivity contribution in [3.8, 4) is 5.69 Å². The summed E-state index contributed by atoms with van der Waals surface area (Å²) in [4.78, 5) is 38.5. The highest BCUT2D eigenvalue weighted by Crippen LogP contribution is 2.27. The van der Waals surface area contributed by atoms with Gasteiger partial charge in [0.05, 0.1) is 12.7 Å². The molecule has 1 N–H and O–H groups in total. The molecule has 1 aliphatic rings. The van der Waals surface area contributed by atoms with Crippen LogP contribution in [-0.2, 0) is 14.3 Å². The molecule has 3 rings (SSSR count). The van der Waals surface area contributed by atoms with Gasteiger partial charge in [-0.3, -0.25) is 19.8 Å². The first-order chi connectivity index (χ1) is 14.7. The van der Waals surface area contributed by atoms with E-state index in [1.807, 2.05) is 37.5 Å². The number of carbonyl (C=O) groups excluding carboxylic acids is 3. The lowest BCUT2D eigenvalue weighted by Crippen LogP contribution is -2.53. The van der Waals surface area contributed by atoms with E-state index in [0.717, 1.165) is 22.6 Å². The number of benzene rings is 1. The van der Waals surface area contributed by atoms with Gasteiger partial charge in [-0.05, 0) is 68.4 Å². The minimum Gasteiger partial charge on any atom is -0.465 e. The maximum absolute atomic E-state index is 12.8. The number of thiocarbonyl (C=S) groups is 1. The summed E-state index contributed by atoms with van der Waals surface area (Å²) in [6.07, 6.45) is 3.11. The molecule has 0 atom stereocenters. The standard InChI is InChI=1S/C23H23N3O4S/c1-6-9-25-21(28)18(20(27)24-23(25)31)11-17-10-14(3)26(15(17)4)19-12-16(22(29)30-5)8-7-13(19)2/h6-8,10-12H,1,9H2,2-5H3,(H,24,27,31)/b18-11+. The third-order valence-corrected chi connectivity index (χ3v) is 5.46. The lowest BCUT2D eigenvalue weighted by Gasteiger charge is -2.27. The molecule has 160 valence electrons. The summed E-state index contributed by atoms with van der Waals surface area (Å²) in [5.74, 6) is -1.43. The number of hydrogen-bond acceptors (Lipinski definition) is 5. The molecule has 1 saturated heterocycles. The van der Waals surface area contributed by atoms with Crippen LogP contribution in [0.1, 0.15) is 32.9 Å². The Morgan fingerprint density at radius 2 is 1.94 bits per heavy atom. The molecular formula is C23H23N3O4S. The fourth-order valence-corrected chi connectivity index (χ4v) is 3.79. The zero-order valence-electron chi connectivity index (χ0n) is 17.8. The van der Waals surface area contributed by atoms with Gasteiger partial charge in [0, 0.05) is 23.6 Å². The van der Waals surface area contributed by atoms with Crippen LogP contribution >= 0.6 is 12.2 Å². The first kappa shape index (κ1) is 22.2. The number of nitrogens with zero attached hydrogens (tertiary/aromatic N) is 2. The Morgan fingerprint density at radius 3 is 2.58 bits per heavy atom. The molecule has 1 fully saturated rings. The van der Waals surface area contributed by atoms with E-state index in [1.54, 1.807) is 24.3 Å². The van der Waals surface area contributed by atoms with Gasteiger partial charge in [0.2, 0.25) is 0 Å². The number of aryl methyl sites for hydroxylation is 2. The molecule has 1 aliphatic heterocycles. The SMILES string of the molecule is C=CCN1C(=O)/C(=C/c2cc(C)n(-c3cc(C(=O)OC)ccc3C)c2C)C(=O)NC1=S. The van der Waals surface area contributed by atoms with Crippen molar-refractivity contribution in [3.05, 3.63) is 70.6 Å². The third-order valence-electron chi connectivity index (χ3n) is 5.14. The van der Waals surface area contributed by atoms with Gasteiger partial charge >= 0.3 is 5.97 Å². The summed E-state index contributed by atoms with van der Waals surface area (Å²) >= 11 is 5.09. The molecule has 31 heavy (non-hydrogen) atoms. The second-order valence-corrected chi connectivity index (χ2v) is 7.56. The van der Waals surface area contributed by atoms with Crippen molar-refractivity contribution in [1.29, 1.82) is 0 Å². The summed E-state index contributed by atoms with van der Waals surface area (Å²) in [5, 5.41) is 2.61. The van der Waals surface area contributed by atoms with Crippen molar-refractivity contribution in [3.63, 3.8) is 0 Å². The predicted octanol–water partition coefficient (Wildman–Crippen LogP) is 3.00. The maximum Gasteiger partial charge on any atom is 0.337 e. The zero-order chi connectivity index (χ0) is 22.9. The fourth-order valence-electron chi connectivity index (χ4n) is 3.54. The van der Waals surface area contributed by atoms with Crippen LogP contribution in [-0.4, -0.2) is 46.0 Å². The topological polar surface area (TPSA) is 80.6 Å². The molecule has 0 saturated carbocycles. The molecule has 2 amide bonds. The van der Waals surface area contributed by atoms with E-state index in [1.165, 1.54) is 12.0 Å². The van der Waals surface area contributed by atoms with Gasteiger partial charge in [0.15, 0.2) is 5.11 Å². The molecule has 7 nitrogen and oxygen atoms in total. The zero-order valence-corrected chi connectivity index (χ0v) is 18.6. The summed E-state index contributed by atoms with van der Waals surface area (Å²) in [7, 11) is 1.34. The molecule has 1 aromatic heterocycles. The van der Waals surface area contributed by atoms with Crippen molar-refractivity contribution >= 4 is 41.2 Å². The van der Waals surface area contributed by atoms with Gasteiger partial charge in [0.25, 0.3) is 11.8 Å². The first-order valence-electron chi connectivity index (χ1n) is 9.57. The Morgan fingerprint density at radius 1 is 1.23 bits per heavy atom. The number of methoxy groups -OCH3 is 1. The van der Waals surface area contributed by atoms with E-state index in [4.69, 9.17) is 17.0 Å². The van der Waals surface area contributed by atoms with Gasteiger partial charge in [-0.25, -0.2) is 4.79 Å². The van der Waals surface area contributed by atoms with Gasteiger partial charge in [-0.1, -0.05) is 12.1 Å². The van der Waals surface area contributed by atoms with Crippen LogP contribution in [0.15, 0.2) is 42.5 Å². The van der Waals surface area contributed by atoms with E-state index >= 15 is 0 Å². The van der Waals surface area contributed by atoms with Crippen LogP contribution in [0.25, 0.3) is 11.8 Å². The Kier molecular flexibility index (Phi) is 6.21. The van der Waals surface area contributed by atoms with Crippen molar-refractivity contribution in [2.45, 2.75) is 20.8 Å². The Bertz CT molecular complexity index is 1160. The highest BCUT2D eigenvalue weighted by molar-refractivity contribution is 7.80. The average Bonchev–Trinajstić information content (AvgIpc) is 3.01.